The molecule has 0 unspecified atom stereocenters. The molecule has 4 heteroatoms. The van der Waals surface area contributed by atoms with E-state index in [0.717, 1.165) is 4.47 Å². The van der Waals surface area contributed by atoms with Gasteiger partial charge >= 0.3 is 0 Å². The van der Waals surface area contributed by atoms with Gasteiger partial charge in [-0.2, -0.15) is 0 Å². The number of carbonyl (C=O) groups excluding carboxylic acids is 1. The third-order valence-electron chi connectivity index (χ3n) is 1.93. The largest absolute Gasteiger partial charge is 0.480 e. The molecule has 1 atom stereocenters. The van der Waals surface area contributed by atoms with E-state index in [0.29, 0.717) is 5.75 Å². The lowest BCUT2D eigenvalue weighted by atomic mass is 10.3. The van der Waals surface area contributed by atoms with Crippen molar-refractivity contribution in [3.05, 3.63) is 28.7 Å². The Hall–Kier alpha value is -1.03. The maximum Gasteiger partial charge on any atom is 0.262 e. The molecule has 0 aromatic heterocycles. The first-order chi connectivity index (χ1) is 7.02. The Bertz CT molecular complexity index is 352. The Morgan fingerprint density at radius 1 is 1.40 bits per heavy atom. The van der Waals surface area contributed by atoms with Crippen LogP contribution in [-0.2, 0) is 4.79 Å². The molecule has 0 spiro atoms. The van der Waals surface area contributed by atoms with Crippen LogP contribution in [0, 0.1) is 0 Å². The van der Waals surface area contributed by atoms with Crippen molar-refractivity contribution in [2.24, 2.45) is 0 Å². The van der Waals surface area contributed by atoms with Crippen LogP contribution >= 0.6 is 15.9 Å². The number of rotatable bonds is 3. The van der Waals surface area contributed by atoms with Crippen LogP contribution in [0.15, 0.2) is 28.7 Å². The van der Waals surface area contributed by atoms with E-state index in [9.17, 15) is 4.79 Å². The van der Waals surface area contributed by atoms with Crippen molar-refractivity contribution in [1.29, 1.82) is 0 Å². The molecule has 1 rings (SSSR count). The average Bonchev–Trinajstić information content (AvgIpc) is 2.20. The van der Waals surface area contributed by atoms with E-state index < -0.39 is 6.10 Å². The van der Waals surface area contributed by atoms with Crippen molar-refractivity contribution in [1.82, 2.24) is 4.90 Å². The zero-order valence-electron chi connectivity index (χ0n) is 9.03. The Balaban J connectivity index is 2.71. The summed E-state index contributed by atoms with van der Waals surface area (Å²) in [5.74, 6) is 0.631. The number of benzene rings is 1. The summed E-state index contributed by atoms with van der Waals surface area (Å²) in [4.78, 5) is 13.1. The molecule has 0 heterocycles. The number of carbonyl (C=O) groups is 1. The van der Waals surface area contributed by atoms with Gasteiger partial charge in [0.1, 0.15) is 5.75 Å². The van der Waals surface area contributed by atoms with Crippen LogP contribution in [0.1, 0.15) is 6.92 Å². The Kier molecular flexibility index (Phi) is 4.15. The van der Waals surface area contributed by atoms with E-state index in [1.54, 1.807) is 21.0 Å². The molecule has 0 radical (unpaired) electrons. The number of halogens is 1. The van der Waals surface area contributed by atoms with Gasteiger partial charge in [-0.1, -0.05) is 12.1 Å². The van der Waals surface area contributed by atoms with Gasteiger partial charge in [-0.25, -0.2) is 0 Å². The number of likely N-dealkylation sites (N-methyl/N-ethyl adjacent to an activating group) is 1. The minimum absolute atomic E-state index is 0.0502. The maximum absolute atomic E-state index is 11.5. The van der Waals surface area contributed by atoms with Gasteiger partial charge in [-0.15, -0.1) is 0 Å². The first kappa shape index (κ1) is 12.0. The summed E-state index contributed by atoms with van der Waals surface area (Å²) in [6, 6.07) is 7.47. The molecule has 0 fully saturated rings. The first-order valence-corrected chi connectivity index (χ1v) is 5.44. The van der Waals surface area contributed by atoms with Crippen LogP contribution in [0.4, 0.5) is 0 Å². The van der Waals surface area contributed by atoms with Gasteiger partial charge in [0.25, 0.3) is 5.91 Å². The smallest absolute Gasteiger partial charge is 0.262 e. The maximum atomic E-state index is 11.5. The molecular weight excluding hydrogens is 258 g/mol. The predicted molar refractivity (Wildman–Crippen MR) is 62.9 cm³/mol. The molecule has 0 N–H and O–H groups in total. The van der Waals surface area contributed by atoms with Crippen molar-refractivity contribution in [3.8, 4) is 5.75 Å². The van der Waals surface area contributed by atoms with E-state index in [-0.39, 0.29) is 5.91 Å². The minimum Gasteiger partial charge on any atom is -0.480 e. The Labute approximate surface area is 98.2 Å². The fraction of sp³-hybridized carbons (Fsp3) is 0.364. The molecule has 1 aromatic rings. The topological polar surface area (TPSA) is 29.5 Å². The summed E-state index contributed by atoms with van der Waals surface area (Å²) in [5, 5.41) is 0. The lowest BCUT2D eigenvalue weighted by Gasteiger charge is -2.18. The summed E-state index contributed by atoms with van der Waals surface area (Å²) in [5.41, 5.74) is 0. The molecule has 0 aliphatic rings. The van der Waals surface area contributed by atoms with E-state index in [2.05, 4.69) is 15.9 Å². The predicted octanol–water partition coefficient (Wildman–Crippen LogP) is 2.30. The van der Waals surface area contributed by atoms with Gasteiger partial charge in [0.05, 0.1) is 4.47 Å². The fourth-order valence-corrected chi connectivity index (χ4v) is 1.52. The van der Waals surface area contributed by atoms with Crippen LogP contribution < -0.4 is 4.74 Å². The van der Waals surface area contributed by atoms with Gasteiger partial charge in [0.15, 0.2) is 6.10 Å². The highest BCUT2D eigenvalue weighted by Crippen LogP contribution is 2.24. The highest BCUT2D eigenvalue weighted by Gasteiger charge is 2.17. The Morgan fingerprint density at radius 3 is 2.53 bits per heavy atom. The molecule has 82 valence electrons. The molecule has 1 amide bonds. The molecule has 0 aliphatic heterocycles. The molecule has 0 bridgehead atoms. The van der Waals surface area contributed by atoms with E-state index in [1.807, 2.05) is 24.3 Å². The summed E-state index contributed by atoms with van der Waals surface area (Å²) >= 11 is 3.36. The van der Waals surface area contributed by atoms with Crippen molar-refractivity contribution in [3.63, 3.8) is 0 Å². The summed E-state index contributed by atoms with van der Waals surface area (Å²) in [7, 11) is 3.42. The van der Waals surface area contributed by atoms with Crippen molar-refractivity contribution >= 4 is 21.8 Å². The van der Waals surface area contributed by atoms with E-state index in [4.69, 9.17) is 4.74 Å². The number of hydrogen-bond donors (Lipinski definition) is 0. The number of hydrogen-bond acceptors (Lipinski definition) is 2. The zero-order valence-corrected chi connectivity index (χ0v) is 10.6. The quantitative estimate of drug-likeness (QED) is 0.845. The normalized spacial score (nSPS) is 12.0. The molecular formula is C11H14BrNO2. The second kappa shape index (κ2) is 5.16. The number of nitrogens with zero attached hydrogens (tertiary/aromatic N) is 1. The highest BCUT2D eigenvalue weighted by atomic mass is 79.9. The standard InChI is InChI=1S/C11H14BrNO2/c1-8(11(14)13(2)3)15-10-7-5-4-6-9(10)12/h4-8H,1-3H3/t8-/m0/s1. The van der Waals surface area contributed by atoms with Gasteiger partial charge in [-0.3, -0.25) is 4.79 Å². The molecule has 15 heavy (non-hydrogen) atoms. The molecule has 1 aromatic carbocycles. The van der Waals surface area contributed by atoms with Gasteiger partial charge in [0, 0.05) is 14.1 Å². The van der Waals surface area contributed by atoms with E-state index in [1.165, 1.54) is 4.90 Å². The van der Waals surface area contributed by atoms with Gasteiger partial charge < -0.3 is 9.64 Å². The SMILES string of the molecule is C[C@H](Oc1ccccc1Br)C(=O)N(C)C. The lowest BCUT2D eigenvalue weighted by Crippen LogP contribution is -2.35. The first-order valence-electron chi connectivity index (χ1n) is 4.64. The molecule has 0 saturated carbocycles. The van der Waals surface area contributed by atoms with Crippen LogP contribution in [0.3, 0.4) is 0 Å². The summed E-state index contributed by atoms with van der Waals surface area (Å²) < 4.78 is 6.38. The Morgan fingerprint density at radius 2 is 2.00 bits per heavy atom. The fourth-order valence-electron chi connectivity index (χ4n) is 1.14. The molecule has 3 nitrogen and oxygen atoms in total. The van der Waals surface area contributed by atoms with Gasteiger partial charge in [-0.05, 0) is 35.0 Å². The van der Waals surface area contributed by atoms with Crippen LogP contribution in [-0.4, -0.2) is 31.0 Å². The third kappa shape index (κ3) is 3.23. The highest BCUT2D eigenvalue weighted by molar-refractivity contribution is 9.10. The van der Waals surface area contributed by atoms with Crippen LogP contribution in [0.5, 0.6) is 5.75 Å². The summed E-state index contributed by atoms with van der Waals surface area (Å²) in [6.07, 6.45) is -0.473. The van der Waals surface area contributed by atoms with Crippen molar-refractivity contribution in [2.75, 3.05) is 14.1 Å². The lowest BCUT2D eigenvalue weighted by molar-refractivity contribution is -0.135. The third-order valence-corrected chi connectivity index (χ3v) is 2.58. The number of ether oxygens (including phenoxy) is 1. The van der Waals surface area contributed by atoms with Crippen LogP contribution in [0.2, 0.25) is 0 Å². The molecule has 0 saturated heterocycles. The molecule has 0 aliphatic carbocycles. The van der Waals surface area contributed by atoms with Crippen molar-refractivity contribution < 1.29 is 9.53 Å². The second-order valence-electron chi connectivity index (χ2n) is 3.42. The van der Waals surface area contributed by atoms with Crippen LogP contribution in [0.25, 0.3) is 0 Å². The second-order valence-corrected chi connectivity index (χ2v) is 4.28. The van der Waals surface area contributed by atoms with E-state index >= 15 is 0 Å². The average molecular weight is 272 g/mol. The minimum atomic E-state index is -0.473. The zero-order chi connectivity index (χ0) is 11.4. The monoisotopic (exact) mass is 271 g/mol. The van der Waals surface area contributed by atoms with Gasteiger partial charge in [0.2, 0.25) is 0 Å². The number of para-hydroxylation sites is 1. The van der Waals surface area contributed by atoms with Crippen molar-refractivity contribution in [2.45, 2.75) is 13.0 Å². The number of amides is 1. The summed E-state index contributed by atoms with van der Waals surface area (Å²) in [6.45, 7) is 1.74.